The molecule has 8 heteroatoms. The van der Waals surface area contributed by atoms with Crippen LogP contribution in [0.4, 0.5) is 13.2 Å². The van der Waals surface area contributed by atoms with Gasteiger partial charge in [0.2, 0.25) is 0 Å². The lowest BCUT2D eigenvalue weighted by Gasteiger charge is -2.15. The van der Waals surface area contributed by atoms with E-state index in [9.17, 15) is 23.1 Å². The molecule has 0 fully saturated rings. The first kappa shape index (κ1) is 13.8. The molecule has 0 spiro atoms. The van der Waals surface area contributed by atoms with E-state index in [4.69, 9.17) is 5.11 Å². The molecule has 1 rings (SSSR count). The minimum absolute atomic E-state index is 0.262. The Labute approximate surface area is 102 Å². The molecule has 0 aromatic heterocycles. The average Bonchev–Trinajstić information content (AvgIpc) is 2.14. The van der Waals surface area contributed by atoms with Gasteiger partial charge in [0.15, 0.2) is 6.10 Å². The Balaban J connectivity index is 3.17. The van der Waals surface area contributed by atoms with Gasteiger partial charge in [-0.15, -0.1) is 13.2 Å². The number of halogens is 4. The van der Waals surface area contributed by atoms with Crippen LogP contribution in [0.5, 0.6) is 5.75 Å². The van der Waals surface area contributed by atoms with Gasteiger partial charge in [-0.1, -0.05) is 22.0 Å². The fourth-order valence-corrected chi connectivity index (χ4v) is 1.42. The maximum atomic E-state index is 12.1. The molecule has 17 heavy (non-hydrogen) atoms. The van der Waals surface area contributed by atoms with Crippen LogP contribution in [0.2, 0.25) is 0 Å². The van der Waals surface area contributed by atoms with E-state index < -0.39 is 29.7 Å². The van der Waals surface area contributed by atoms with Crippen molar-refractivity contribution in [3.05, 3.63) is 28.2 Å². The highest BCUT2D eigenvalue weighted by atomic mass is 79.9. The molecular weight excluding hydrogens is 309 g/mol. The predicted molar refractivity (Wildman–Crippen MR) is 53.4 cm³/mol. The molecule has 0 aliphatic carbocycles. The maximum Gasteiger partial charge on any atom is 0.573 e. The SMILES string of the molecule is O=C(O)C(O)c1ccc(Br)cc1OC(F)(F)F. The first-order chi connectivity index (χ1) is 7.70. The third-order valence-electron chi connectivity index (χ3n) is 1.73. The summed E-state index contributed by atoms with van der Waals surface area (Å²) in [5.74, 6) is -2.43. The minimum Gasteiger partial charge on any atom is -0.479 e. The number of carbonyl (C=O) groups is 1. The summed E-state index contributed by atoms with van der Waals surface area (Å²) in [6, 6.07) is 3.25. The summed E-state index contributed by atoms with van der Waals surface area (Å²) in [6.45, 7) is 0. The first-order valence-corrected chi connectivity index (χ1v) is 4.96. The van der Waals surface area contributed by atoms with Crippen LogP contribution in [-0.2, 0) is 4.79 Å². The number of benzene rings is 1. The van der Waals surface area contributed by atoms with Gasteiger partial charge >= 0.3 is 12.3 Å². The molecule has 0 aliphatic heterocycles. The lowest BCUT2D eigenvalue weighted by molar-refractivity contribution is -0.275. The van der Waals surface area contributed by atoms with E-state index in [0.717, 1.165) is 12.1 Å². The van der Waals surface area contributed by atoms with Crippen molar-refractivity contribution in [2.75, 3.05) is 0 Å². The standard InChI is InChI=1S/C9H6BrF3O4/c10-4-1-2-5(7(14)8(15)16)6(3-4)17-9(11,12)13/h1-3,7,14H,(H,15,16). The topological polar surface area (TPSA) is 66.8 Å². The van der Waals surface area contributed by atoms with E-state index in [1.807, 2.05) is 0 Å². The van der Waals surface area contributed by atoms with Crippen molar-refractivity contribution in [3.63, 3.8) is 0 Å². The smallest absolute Gasteiger partial charge is 0.479 e. The van der Waals surface area contributed by atoms with Crippen LogP contribution in [0.1, 0.15) is 11.7 Å². The fourth-order valence-electron chi connectivity index (χ4n) is 1.08. The van der Waals surface area contributed by atoms with E-state index in [0.29, 0.717) is 0 Å². The van der Waals surface area contributed by atoms with Gasteiger partial charge in [0.1, 0.15) is 5.75 Å². The number of carboxylic acid groups (broad SMARTS) is 1. The summed E-state index contributed by atoms with van der Waals surface area (Å²) in [5, 5.41) is 17.7. The van der Waals surface area contributed by atoms with Crippen molar-refractivity contribution in [2.24, 2.45) is 0 Å². The Morgan fingerprint density at radius 1 is 1.41 bits per heavy atom. The number of aliphatic carboxylic acids is 1. The van der Waals surface area contributed by atoms with Crippen molar-refractivity contribution in [1.82, 2.24) is 0 Å². The molecule has 94 valence electrons. The second kappa shape index (κ2) is 4.92. The highest BCUT2D eigenvalue weighted by Crippen LogP contribution is 2.32. The van der Waals surface area contributed by atoms with Crippen molar-refractivity contribution >= 4 is 21.9 Å². The fraction of sp³-hybridized carbons (Fsp3) is 0.222. The molecule has 1 atom stereocenters. The number of rotatable bonds is 3. The number of ether oxygens (including phenoxy) is 1. The second-order valence-electron chi connectivity index (χ2n) is 2.97. The Morgan fingerprint density at radius 3 is 2.47 bits per heavy atom. The van der Waals surface area contributed by atoms with Crippen molar-refractivity contribution in [2.45, 2.75) is 12.5 Å². The van der Waals surface area contributed by atoms with Crippen LogP contribution in [-0.4, -0.2) is 22.5 Å². The first-order valence-electron chi connectivity index (χ1n) is 4.17. The number of hydrogen-bond donors (Lipinski definition) is 2. The van der Waals surface area contributed by atoms with E-state index >= 15 is 0 Å². The third-order valence-corrected chi connectivity index (χ3v) is 2.22. The number of aliphatic hydroxyl groups excluding tert-OH is 1. The number of hydrogen-bond acceptors (Lipinski definition) is 3. The zero-order valence-corrected chi connectivity index (χ0v) is 9.62. The molecule has 0 bridgehead atoms. The average molecular weight is 315 g/mol. The number of carboxylic acids is 1. The molecule has 0 saturated carbocycles. The van der Waals surface area contributed by atoms with E-state index in [1.54, 1.807) is 0 Å². The van der Waals surface area contributed by atoms with Gasteiger partial charge in [-0.3, -0.25) is 0 Å². The van der Waals surface area contributed by atoms with Crippen LogP contribution in [0.15, 0.2) is 22.7 Å². The highest BCUT2D eigenvalue weighted by Gasteiger charge is 2.33. The molecule has 0 saturated heterocycles. The van der Waals surface area contributed by atoms with Crippen LogP contribution >= 0.6 is 15.9 Å². The van der Waals surface area contributed by atoms with Crippen molar-refractivity contribution in [1.29, 1.82) is 0 Å². The molecule has 4 nitrogen and oxygen atoms in total. The zero-order chi connectivity index (χ0) is 13.2. The summed E-state index contributed by atoms with van der Waals surface area (Å²) in [7, 11) is 0. The molecule has 1 unspecified atom stereocenters. The summed E-state index contributed by atoms with van der Waals surface area (Å²) in [4.78, 5) is 10.5. The minimum atomic E-state index is -4.96. The van der Waals surface area contributed by atoms with Crippen molar-refractivity contribution < 1.29 is 32.9 Å². The normalized spacial score (nSPS) is 13.2. The van der Waals surface area contributed by atoms with Crippen LogP contribution < -0.4 is 4.74 Å². The second-order valence-corrected chi connectivity index (χ2v) is 3.89. The monoisotopic (exact) mass is 314 g/mol. The molecule has 1 aromatic rings. The summed E-state index contributed by atoms with van der Waals surface area (Å²) in [6.07, 6.45) is -7.05. The number of alkyl halides is 3. The quantitative estimate of drug-likeness (QED) is 0.899. The summed E-state index contributed by atoms with van der Waals surface area (Å²) < 4.78 is 40.0. The lowest BCUT2D eigenvalue weighted by Crippen LogP contribution is -2.20. The molecular formula is C9H6BrF3O4. The van der Waals surface area contributed by atoms with Gasteiger partial charge in [0.05, 0.1) is 0 Å². The van der Waals surface area contributed by atoms with Gasteiger partial charge in [-0.2, -0.15) is 0 Å². The van der Waals surface area contributed by atoms with E-state index in [-0.39, 0.29) is 4.47 Å². The Kier molecular flexibility index (Phi) is 3.99. The Morgan fingerprint density at radius 2 is 2.00 bits per heavy atom. The van der Waals surface area contributed by atoms with E-state index in [1.165, 1.54) is 6.07 Å². The van der Waals surface area contributed by atoms with Gasteiger partial charge in [-0.25, -0.2) is 4.79 Å². The Hall–Kier alpha value is -1.28. The zero-order valence-electron chi connectivity index (χ0n) is 8.03. The lowest BCUT2D eigenvalue weighted by atomic mass is 10.1. The third kappa shape index (κ3) is 3.90. The number of aliphatic hydroxyl groups is 1. The van der Waals surface area contributed by atoms with Crippen LogP contribution in [0, 0.1) is 0 Å². The molecule has 0 radical (unpaired) electrons. The van der Waals surface area contributed by atoms with E-state index in [2.05, 4.69) is 20.7 Å². The summed E-state index contributed by atoms with van der Waals surface area (Å²) >= 11 is 2.91. The molecule has 0 amide bonds. The largest absolute Gasteiger partial charge is 0.573 e. The maximum absolute atomic E-state index is 12.1. The predicted octanol–water partition coefficient (Wildman–Crippen LogP) is 2.47. The highest BCUT2D eigenvalue weighted by molar-refractivity contribution is 9.10. The van der Waals surface area contributed by atoms with Crippen LogP contribution in [0.25, 0.3) is 0 Å². The van der Waals surface area contributed by atoms with Crippen LogP contribution in [0.3, 0.4) is 0 Å². The molecule has 0 aliphatic rings. The van der Waals surface area contributed by atoms with Crippen molar-refractivity contribution in [3.8, 4) is 5.75 Å². The Bertz CT molecular complexity index is 433. The van der Waals surface area contributed by atoms with Gasteiger partial charge in [0, 0.05) is 10.0 Å². The molecule has 0 heterocycles. The molecule has 1 aromatic carbocycles. The molecule has 2 N–H and O–H groups in total. The van der Waals surface area contributed by atoms with Gasteiger partial charge in [0.25, 0.3) is 0 Å². The summed E-state index contributed by atoms with van der Waals surface area (Å²) in [5.41, 5.74) is -0.474. The van der Waals surface area contributed by atoms with Gasteiger partial charge < -0.3 is 14.9 Å². The van der Waals surface area contributed by atoms with Gasteiger partial charge in [-0.05, 0) is 12.1 Å².